The summed E-state index contributed by atoms with van der Waals surface area (Å²) in [5.74, 6) is -3.81. The fourth-order valence-electron chi connectivity index (χ4n) is 9.83. The lowest BCUT2D eigenvalue weighted by Gasteiger charge is -2.48. The zero-order chi connectivity index (χ0) is 59.9. The van der Waals surface area contributed by atoms with Gasteiger partial charge in [0.1, 0.15) is 126 Å². The summed E-state index contributed by atoms with van der Waals surface area (Å²) in [4.78, 5) is 28.3. The van der Waals surface area contributed by atoms with E-state index in [-0.39, 0.29) is 22.8 Å². The minimum absolute atomic E-state index is 0.0148. The lowest BCUT2D eigenvalue weighted by Crippen LogP contribution is -2.66. The molecule has 16 N–H and O–H groups in total. The normalized spacial score (nSPS) is 38.7. The number of carbonyl (C=O) groups is 1. The molecule has 83 heavy (non-hydrogen) atoms. The second-order valence-corrected chi connectivity index (χ2v) is 20.4. The quantitative estimate of drug-likeness (QED) is 0.0371. The summed E-state index contributed by atoms with van der Waals surface area (Å²) in [5.41, 5.74) is -1.17. The van der Waals surface area contributed by atoms with Gasteiger partial charge < -0.3 is 138 Å². The van der Waals surface area contributed by atoms with Crippen molar-refractivity contribution >= 4 is 23.0 Å². The molecule has 4 aromatic rings. The van der Waals surface area contributed by atoms with Crippen LogP contribution in [-0.4, -0.2) is 255 Å². The number of benzene rings is 3. The molecule has 9 rings (SSSR count). The topological polar surface area (TPSA) is 472 Å². The predicted octanol–water partition coefficient (Wildman–Crippen LogP) is -4.63. The van der Waals surface area contributed by atoms with Crippen LogP contribution in [0.4, 0.5) is 0 Å². The first-order valence-corrected chi connectivity index (χ1v) is 26.0. The molecule has 30 nitrogen and oxygen atoms in total. The fourth-order valence-corrected chi connectivity index (χ4v) is 9.83. The number of carbonyl (C=O) groups excluding carboxylic acids is 1. The summed E-state index contributed by atoms with van der Waals surface area (Å²) in [5, 5.41) is 171. The van der Waals surface area contributed by atoms with Gasteiger partial charge in [0.25, 0.3) is 0 Å². The molecule has 1 aromatic heterocycles. The van der Waals surface area contributed by atoms with E-state index in [1.165, 1.54) is 68.5 Å². The van der Waals surface area contributed by atoms with Crippen LogP contribution >= 0.6 is 0 Å². The Balaban J connectivity index is 1.07. The molecule has 0 aliphatic carbocycles. The van der Waals surface area contributed by atoms with Gasteiger partial charge >= 0.3 is 5.97 Å². The summed E-state index contributed by atoms with van der Waals surface area (Å²) in [7, 11) is 0. The van der Waals surface area contributed by atoms with Crippen molar-refractivity contribution in [2.45, 2.75) is 161 Å². The highest BCUT2D eigenvalue weighted by molar-refractivity contribution is 5.88. The molecule has 456 valence electrons. The molecule has 30 heteroatoms. The molecule has 0 bridgehead atoms. The molecule has 3 aromatic carbocycles. The Labute approximate surface area is 468 Å². The van der Waals surface area contributed by atoms with Crippen molar-refractivity contribution in [3.63, 3.8) is 0 Å². The van der Waals surface area contributed by atoms with Gasteiger partial charge in [0, 0.05) is 23.8 Å². The average Bonchev–Trinajstić information content (AvgIpc) is 3.51. The largest absolute Gasteiger partial charge is 0.508 e. The lowest BCUT2D eigenvalue weighted by atomic mass is 9.96. The highest BCUT2D eigenvalue weighted by Crippen LogP contribution is 2.40. The van der Waals surface area contributed by atoms with Crippen molar-refractivity contribution in [1.29, 1.82) is 0 Å². The second kappa shape index (κ2) is 25.8. The Hall–Kier alpha value is -5.76. The summed E-state index contributed by atoms with van der Waals surface area (Å²) in [6, 6.07) is 12.6. The van der Waals surface area contributed by atoms with Crippen molar-refractivity contribution in [3.05, 3.63) is 82.5 Å². The van der Waals surface area contributed by atoms with E-state index in [0.717, 1.165) is 18.2 Å². The number of aromatic hydroxyl groups is 3. The summed E-state index contributed by atoms with van der Waals surface area (Å²) in [6.45, 7) is 0.405. The maximum atomic E-state index is 14.9. The van der Waals surface area contributed by atoms with Crippen LogP contribution in [0.15, 0.2) is 76.0 Å². The van der Waals surface area contributed by atoms with Gasteiger partial charge in [-0.05, 0) is 61.9 Å². The monoisotopic (exact) mass is 1180 g/mol. The first-order chi connectivity index (χ1) is 39.4. The molecule has 0 saturated carbocycles. The number of hydrogen-bond donors (Lipinski definition) is 16. The number of ether oxygens (including phenoxy) is 11. The number of rotatable bonds is 16. The standard InChI is InChI=1S/C53H64O30/c1-18-32(60)37(65)42(70)51(74-18)76-24-13-25(57)31-27(14-24)77-45(21-6-10-23(56)11-7-21)46(36(31)64)82-53-48(39(67)35(63)29(79-53)17-73-49-41(69)38(66)34(62)28(15-54)78-49)83-52-43(71)47(81-50-40(68)33(61)26(58)16-72-50)44(19(2)75-52)80-30(59)12-5-20-3-8-22(55)9-4-20/h3-14,18-19,26,28-29,32-35,37-44,47-58,60-63,65-71H,15-17H2,1-2H3/t18-,19-,26+,28+,29+,32-,33-,34+,35-,37+,38-,39-,40+,41+,42+,43+,44-,47-,48+,49+,50-,51-,52-,53-/m0/s1. The van der Waals surface area contributed by atoms with Crippen LogP contribution in [0.1, 0.15) is 19.4 Å². The van der Waals surface area contributed by atoms with Gasteiger partial charge in [-0.2, -0.15) is 0 Å². The Morgan fingerprint density at radius 1 is 0.590 bits per heavy atom. The van der Waals surface area contributed by atoms with E-state index in [9.17, 15) is 91.3 Å². The van der Waals surface area contributed by atoms with Crippen LogP contribution in [0.5, 0.6) is 28.7 Å². The number of esters is 1. The minimum Gasteiger partial charge on any atom is -0.508 e. The molecule has 0 amide bonds. The summed E-state index contributed by atoms with van der Waals surface area (Å²) in [6.07, 6.45) is -41.3. The van der Waals surface area contributed by atoms with Gasteiger partial charge in [-0.3, -0.25) is 4.79 Å². The molecule has 5 saturated heterocycles. The number of aliphatic hydroxyl groups excluding tert-OH is 13. The van der Waals surface area contributed by atoms with Gasteiger partial charge in [0.2, 0.25) is 23.8 Å². The average molecular weight is 1180 g/mol. The number of phenolic OH excluding ortho intramolecular Hbond substituents is 3. The van der Waals surface area contributed by atoms with Crippen molar-refractivity contribution < 1.29 is 143 Å². The number of hydrogen-bond acceptors (Lipinski definition) is 30. The third-order valence-electron chi connectivity index (χ3n) is 14.6. The SMILES string of the molecule is C[C@@H]1O[C@@H](Oc2cc(O)c3c(=O)c(O[C@@H]4O[C@H](CO[C@@H]5O[C@H](CO)[C@@H](O)[C@H](O)[C@H]5O)[C@H](O)[C@H](O)[C@H]4O[C@@H]4O[C@@H](C)[C@H](OC(=O)C=Cc5ccc(O)cc5)[C@@H](O[C@@H]5OC[C@@H](O)[C@H](O)[C@H]5O)[C@H]4O)c(-c4ccc(O)cc4)oc3c2)[C@H](O)[C@H](O)[C@H]1O. The molecule has 5 aliphatic heterocycles. The van der Waals surface area contributed by atoms with E-state index in [1.54, 1.807) is 0 Å². The van der Waals surface area contributed by atoms with Crippen LogP contribution in [0, 0.1) is 0 Å². The van der Waals surface area contributed by atoms with Crippen LogP contribution < -0.4 is 14.9 Å². The molecule has 5 fully saturated rings. The van der Waals surface area contributed by atoms with E-state index in [0.29, 0.717) is 5.56 Å². The van der Waals surface area contributed by atoms with Gasteiger partial charge in [0.15, 0.2) is 36.8 Å². The molecular formula is C53H64O30. The van der Waals surface area contributed by atoms with Crippen molar-refractivity contribution in [2.24, 2.45) is 0 Å². The van der Waals surface area contributed by atoms with Gasteiger partial charge in [-0.15, -0.1) is 0 Å². The smallest absolute Gasteiger partial charge is 0.331 e. The Morgan fingerprint density at radius 2 is 1.19 bits per heavy atom. The molecule has 5 aliphatic rings. The Kier molecular flexibility index (Phi) is 19.2. The summed E-state index contributed by atoms with van der Waals surface area (Å²) >= 11 is 0. The lowest BCUT2D eigenvalue weighted by molar-refractivity contribution is -0.375. The van der Waals surface area contributed by atoms with E-state index < -0.39 is 207 Å². The van der Waals surface area contributed by atoms with Crippen molar-refractivity contribution in [1.82, 2.24) is 0 Å². The highest BCUT2D eigenvalue weighted by atomic mass is 16.8. The number of fused-ring (bicyclic) bond motifs is 1. The minimum atomic E-state index is -2.26. The zero-order valence-corrected chi connectivity index (χ0v) is 43.8. The van der Waals surface area contributed by atoms with E-state index >= 15 is 0 Å². The summed E-state index contributed by atoms with van der Waals surface area (Å²) < 4.78 is 70.4. The number of phenols is 3. The van der Waals surface area contributed by atoms with Crippen molar-refractivity contribution in [3.8, 4) is 40.1 Å². The fraction of sp³-hybridized carbons (Fsp3) is 0.547. The molecular weight excluding hydrogens is 1120 g/mol. The maximum absolute atomic E-state index is 14.9. The van der Waals surface area contributed by atoms with Gasteiger partial charge in [0.05, 0.1) is 32.0 Å². The molecule has 6 heterocycles. The van der Waals surface area contributed by atoms with Crippen LogP contribution in [0.2, 0.25) is 0 Å². The van der Waals surface area contributed by atoms with Crippen LogP contribution in [0.25, 0.3) is 28.4 Å². The van der Waals surface area contributed by atoms with Gasteiger partial charge in [-0.1, -0.05) is 12.1 Å². The molecule has 0 radical (unpaired) electrons. The first kappa shape index (κ1) is 61.8. The van der Waals surface area contributed by atoms with E-state index in [1.807, 2.05) is 0 Å². The highest BCUT2D eigenvalue weighted by Gasteiger charge is 2.55. The zero-order valence-electron chi connectivity index (χ0n) is 43.8. The van der Waals surface area contributed by atoms with E-state index in [2.05, 4.69) is 0 Å². The Morgan fingerprint density at radius 3 is 1.88 bits per heavy atom. The first-order valence-electron chi connectivity index (χ1n) is 26.0. The van der Waals surface area contributed by atoms with E-state index in [4.69, 9.17) is 56.5 Å². The Bertz CT molecular complexity index is 2920. The maximum Gasteiger partial charge on any atom is 0.331 e. The van der Waals surface area contributed by atoms with Crippen LogP contribution in [0.3, 0.4) is 0 Å². The third-order valence-corrected chi connectivity index (χ3v) is 14.6. The second-order valence-electron chi connectivity index (χ2n) is 20.4. The number of aliphatic hydroxyl groups is 13. The molecule has 0 spiro atoms. The predicted molar refractivity (Wildman–Crippen MR) is 270 cm³/mol. The molecule has 0 unspecified atom stereocenters. The van der Waals surface area contributed by atoms with Crippen molar-refractivity contribution in [2.75, 3.05) is 19.8 Å². The van der Waals surface area contributed by atoms with Crippen LogP contribution in [-0.2, 0) is 47.4 Å². The third kappa shape index (κ3) is 13.1. The van der Waals surface area contributed by atoms with Gasteiger partial charge in [-0.25, -0.2) is 4.79 Å². The molecule has 24 atom stereocenters.